The van der Waals surface area contributed by atoms with E-state index in [1.165, 1.54) is 12.5 Å². The average Bonchev–Trinajstić information content (AvgIpc) is 2.25. The van der Waals surface area contributed by atoms with Gasteiger partial charge in [0.25, 0.3) is 0 Å². The minimum atomic E-state index is -0.197. The Morgan fingerprint density at radius 3 is 2.74 bits per heavy atom. The Hall–Kier alpha value is -0.410. The molecule has 0 aliphatic heterocycles. The SMILES string of the molecule is CC1CC(OCc2ccc(Br)cc2F)CC(C)(C)C1. The molecule has 0 bridgehead atoms. The van der Waals surface area contributed by atoms with E-state index >= 15 is 0 Å². The van der Waals surface area contributed by atoms with Crippen molar-refractivity contribution in [3.63, 3.8) is 0 Å². The monoisotopic (exact) mass is 328 g/mol. The first-order chi connectivity index (χ1) is 8.85. The molecule has 0 saturated heterocycles. The third-order valence-electron chi connectivity index (χ3n) is 3.84. The van der Waals surface area contributed by atoms with Crippen LogP contribution in [0.4, 0.5) is 4.39 Å². The van der Waals surface area contributed by atoms with E-state index in [4.69, 9.17) is 4.74 Å². The maximum absolute atomic E-state index is 13.7. The van der Waals surface area contributed by atoms with Gasteiger partial charge in [-0.15, -0.1) is 0 Å². The summed E-state index contributed by atoms with van der Waals surface area (Å²) in [4.78, 5) is 0. The third kappa shape index (κ3) is 4.28. The maximum Gasteiger partial charge on any atom is 0.129 e. The molecule has 0 aromatic heterocycles. The molecule has 0 heterocycles. The number of ether oxygens (including phenoxy) is 1. The van der Waals surface area contributed by atoms with Crippen molar-refractivity contribution in [1.29, 1.82) is 0 Å². The standard InChI is InChI=1S/C16H22BrFO/c1-11-6-14(9-16(2,3)8-11)19-10-12-4-5-13(17)7-15(12)18/h4-5,7,11,14H,6,8-10H2,1-3H3. The van der Waals surface area contributed by atoms with E-state index in [2.05, 4.69) is 36.7 Å². The van der Waals surface area contributed by atoms with Crippen LogP contribution in [0, 0.1) is 17.2 Å². The fourth-order valence-electron chi connectivity index (χ4n) is 3.23. The number of halogens is 2. The first-order valence-electron chi connectivity index (χ1n) is 6.91. The minimum Gasteiger partial charge on any atom is -0.373 e. The van der Waals surface area contributed by atoms with Gasteiger partial charge in [0.15, 0.2) is 0 Å². The summed E-state index contributed by atoms with van der Waals surface area (Å²) in [6.07, 6.45) is 3.65. The van der Waals surface area contributed by atoms with Crippen LogP contribution in [-0.4, -0.2) is 6.10 Å². The number of hydrogen-bond acceptors (Lipinski definition) is 1. The molecule has 1 aromatic rings. The van der Waals surface area contributed by atoms with Crippen LogP contribution < -0.4 is 0 Å². The second-order valence-corrected chi connectivity index (χ2v) is 7.50. The highest BCUT2D eigenvalue weighted by atomic mass is 79.9. The van der Waals surface area contributed by atoms with Crippen LogP contribution >= 0.6 is 15.9 Å². The highest BCUT2D eigenvalue weighted by Gasteiger charge is 2.32. The Morgan fingerprint density at radius 2 is 2.11 bits per heavy atom. The van der Waals surface area contributed by atoms with Crippen molar-refractivity contribution in [3.05, 3.63) is 34.1 Å². The van der Waals surface area contributed by atoms with Crippen LogP contribution in [-0.2, 0) is 11.3 Å². The van der Waals surface area contributed by atoms with E-state index in [1.807, 2.05) is 6.07 Å². The molecule has 1 fully saturated rings. The van der Waals surface area contributed by atoms with Gasteiger partial charge in [-0.25, -0.2) is 4.39 Å². The second kappa shape index (κ2) is 5.92. The van der Waals surface area contributed by atoms with Gasteiger partial charge in [-0.2, -0.15) is 0 Å². The zero-order valence-electron chi connectivity index (χ0n) is 11.9. The summed E-state index contributed by atoms with van der Waals surface area (Å²) in [5, 5.41) is 0. The Kier molecular flexibility index (Phi) is 4.67. The van der Waals surface area contributed by atoms with E-state index in [1.54, 1.807) is 6.07 Å². The molecule has 0 radical (unpaired) electrons. The van der Waals surface area contributed by atoms with Gasteiger partial charge in [0.2, 0.25) is 0 Å². The summed E-state index contributed by atoms with van der Waals surface area (Å²) in [7, 11) is 0. The van der Waals surface area contributed by atoms with Gasteiger partial charge in [-0.3, -0.25) is 0 Å². The molecule has 1 aliphatic rings. The van der Waals surface area contributed by atoms with Crippen molar-refractivity contribution >= 4 is 15.9 Å². The number of hydrogen-bond donors (Lipinski definition) is 0. The van der Waals surface area contributed by atoms with Gasteiger partial charge < -0.3 is 4.74 Å². The van der Waals surface area contributed by atoms with Gasteiger partial charge >= 0.3 is 0 Å². The Balaban J connectivity index is 1.95. The van der Waals surface area contributed by atoms with Gasteiger partial charge in [-0.1, -0.05) is 42.8 Å². The summed E-state index contributed by atoms with van der Waals surface area (Å²) >= 11 is 3.27. The van der Waals surface area contributed by atoms with Gasteiger partial charge in [-0.05, 0) is 42.7 Å². The zero-order chi connectivity index (χ0) is 14.0. The molecular formula is C16H22BrFO. The van der Waals surface area contributed by atoms with E-state index in [0.29, 0.717) is 23.5 Å². The van der Waals surface area contributed by atoms with Crippen molar-refractivity contribution in [3.8, 4) is 0 Å². The van der Waals surface area contributed by atoms with E-state index in [0.717, 1.165) is 17.3 Å². The lowest BCUT2D eigenvalue weighted by Crippen LogP contribution is -2.32. The summed E-state index contributed by atoms with van der Waals surface area (Å²) in [5.41, 5.74) is 0.972. The lowest BCUT2D eigenvalue weighted by atomic mass is 9.71. The van der Waals surface area contributed by atoms with Crippen molar-refractivity contribution in [1.82, 2.24) is 0 Å². The van der Waals surface area contributed by atoms with E-state index in [-0.39, 0.29) is 11.9 Å². The van der Waals surface area contributed by atoms with Crippen molar-refractivity contribution < 1.29 is 9.13 Å². The maximum atomic E-state index is 13.7. The quantitative estimate of drug-likeness (QED) is 0.729. The second-order valence-electron chi connectivity index (χ2n) is 6.58. The molecular weight excluding hydrogens is 307 g/mol. The highest BCUT2D eigenvalue weighted by molar-refractivity contribution is 9.10. The molecule has 1 aromatic carbocycles. The topological polar surface area (TPSA) is 9.23 Å². The van der Waals surface area contributed by atoms with Gasteiger partial charge in [0.1, 0.15) is 5.82 Å². The molecule has 1 saturated carbocycles. The Labute approximate surface area is 123 Å². The Morgan fingerprint density at radius 1 is 1.37 bits per heavy atom. The van der Waals surface area contributed by atoms with Crippen molar-refractivity contribution in [2.75, 3.05) is 0 Å². The van der Waals surface area contributed by atoms with Crippen LogP contribution in [0.1, 0.15) is 45.6 Å². The summed E-state index contributed by atoms with van der Waals surface area (Å²) in [5.74, 6) is 0.487. The van der Waals surface area contributed by atoms with Crippen LogP contribution in [0.25, 0.3) is 0 Å². The van der Waals surface area contributed by atoms with Crippen LogP contribution in [0.5, 0.6) is 0 Å². The highest BCUT2D eigenvalue weighted by Crippen LogP contribution is 2.39. The van der Waals surface area contributed by atoms with Crippen molar-refractivity contribution in [2.45, 2.75) is 52.7 Å². The molecule has 1 nitrogen and oxygen atoms in total. The molecule has 19 heavy (non-hydrogen) atoms. The number of rotatable bonds is 3. The predicted molar refractivity (Wildman–Crippen MR) is 79.5 cm³/mol. The summed E-state index contributed by atoms with van der Waals surface area (Å²) < 4.78 is 20.4. The third-order valence-corrected chi connectivity index (χ3v) is 4.33. The fourth-order valence-corrected chi connectivity index (χ4v) is 3.56. The van der Waals surface area contributed by atoms with Crippen LogP contribution in [0.3, 0.4) is 0 Å². The fraction of sp³-hybridized carbons (Fsp3) is 0.625. The minimum absolute atomic E-state index is 0.197. The lowest BCUT2D eigenvalue weighted by Gasteiger charge is -2.38. The van der Waals surface area contributed by atoms with Crippen LogP contribution in [0.2, 0.25) is 0 Å². The zero-order valence-corrected chi connectivity index (χ0v) is 13.5. The first-order valence-corrected chi connectivity index (χ1v) is 7.70. The smallest absolute Gasteiger partial charge is 0.129 e. The van der Waals surface area contributed by atoms with Gasteiger partial charge in [0.05, 0.1) is 12.7 Å². The summed E-state index contributed by atoms with van der Waals surface area (Å²) in [6.45, 7) is 7.22. The molecule has 0 spiro atoms. The van der Waals surface area contributed by atoms with Crippen molar-refractivity contribution in [2.24, 2.45) is 11.3 Å². The Bertz CT molecular complexity index is 444. The molecule has 3 heteroatoms. The number of benzene rings is 1. The normalized spacial score (nSPS) is 26.4. The molecule has 106 valence electrons. The average molecular weight is 329 g/mol. The molecule has 1 aliphatic carbocycles. The van der Waals surface area contributed by atoms with E-state index in [9.17, 15) is 4.39 Å². The lowest BCUT2D eigenvalue weighted by molar-refractivity contribution is -0.0324. The van der Waals surface area contributed by atoms with Gasteiger partial charge in [0, 0.05) is 10.0 Å². The van der Waals surface area contributed by atoms with E-state index < -0.39 is 0 Å². The largest absolute Gasteiger partial charge is 0.373 e. The molecule has 0 amide bonds. The first kappa shape index (κ1) is 15.0. The van der Waals surface area contributed by atoms with Crippen LogP contribution in [0.15, 0.2) is 22.7 Å². The summed E-state index contributed by atoms with van der Waals surface area (Å²) in [6, 6.07) is 5.14. The molecule has 2 atom stereocenters. The predicted octanol–water partition coefficient (Wildman–Crippen LogP) is 5.32. The molecule has 2 unspecified atom stereocenters. The molecule has 2 rings (SSSR count). The molecule has 0 N–H and O–H groups in total.